The molecule has 0 aromatic heterocycles. The summed E-state index contributed by atoms with van der Waals surface area (Å²) in [6, 6.07) is 14.1. The number of carbonyl (C=O) groups is 1. The number of benzene rings is 2. The highest BCUT2D eigenvalue weighted by Crippen LogP contribution is 2.20. The molecule has 4 heteroatoms. The lowest BCUT2D eigenvalue weighted by molar-refractivity contribution is -0.123. The van der Waals surface area contributed by atoms with E-state index in [2.05, 4.69) is 10.6 Å². The number of hydrogen-bond acceptors (Lipinski definition) is 3. The molecule has 0 saturated heterocycles. The summed E-state index contributed by atoms with van der Waals surface area (Å²) < 4.78 is 5.51. The maximum absolute atomic E-state index is 11.6. The van der Waals surface area contributed by atoms with E-state index in [1.807, 2.05) is 56.4 Å². The summed E-state index contributed by atoms with van der Waals surface area (Å²) in [4.78, 5) is 11.6. The highest BCUT2D eigenvalue weighted by Gasteiger charge is 2.05. The Kier molecular flexibility index (Phi) is 4.96. The molecule has 0 aliphatic rings. The maximum Gasteiger partial charge on any atom is 0.257 e. The van der Waals surface area contributed by atoms with Gasteiger partial charge in [-0.05, 0) is 36.9 Å². The van der Waals surface area contributed by atoms with E-state index in [-0.39, 0.29) is 18.6 Å². The number of amides is 1. The van der Waals surface area contributed by atoms with Gasteiger partial charge < -0.3 is 15.4 Å². The summed E-state index contributed by atoms with van der Waals surface area (Å²) in [5.74, 6) is 0.598. The molecule has 2 aromatic rings. The first-order valence-electron chi connectivity index (χ1n) is 6.74. The third-order valence-corrected chi connectivity index (χ3v) is 3.19. The van der Waals surface area contributed by atoms with Gasteiger partial charge in [-0.2, -0.15) is 0 Å². The fraction of sp³-hybridized carbons (Fsp3) is 0.312. The quantitative estimate of drug-likeness (QED) is 0.845. The van der Waals surface area contributed by atoms with Crippen LogP contribution < -0.4 is 15.4 Å². The summed E-state index contributed by atoms with van der Waals surface area (Å²) in [6.45, 7) is 2.63. The van der Waals surface area contributed by atoms with E-state index < -0.39 is 0 Å². The topological polar surface area (TPSA) is 50.4 Å². The molecule has 1 atom stereocenters. The second-order valence-electron chi connectivity index (χ2n) is 4.79. The summed E-state index contributed by atoms with van der Waals surface area (Å²) in [7, 11) is 1.86. The normalized spacial score (nSPS) is 12.1. The largest absolute Gasteiger partial charge is 0.484 e. The molecule has 0 fully saturated rings. The zero-order valence-electron chi connectivity index (χ0n) is 11.8. The predicted molar refractivity (Wildman–Crippen MR) is 81.0 cm³/mol. The fourth-order valence-corrected chi connectivity index (χ4v) is 1.83. The SMILES string of the molecule is CNC(C)CNC(=O)COc1ccc2ccccc2c1. The smallest absolute Gasteiger partial charge is 0.257 e. The molecule has 0 bridgehead atoms. The van der Waals surface area contributed by atoms with Gasteiger partial charge in [0.15, 0.2) is 6.61 Å². The van der Waals surface area contributed by atoms with Crippen LogP contribution >= 0.6 is 0 Å². The molecular formula is C16H20N2O2. The highest BCUT2D eigenvalue weighted by atomic mass is 16.5. The first-order valence-corrected chi connectivity index (χ1v) is 6.74. The fourth-order valence-electron chi connectivity index (χ4n) is 1.83. The van der Waals surface area contributed by atoms with Crippen LogP contribution in [0.2, 0.25) is 0 Å². The summed E-state index contributed by atoms with van der Waals surface area (Å²) in [5.41, 5.74) is 0. The minimum absolute atomic E-state index is 0.0365. The molecule has 2 aromatic carbocycles. The number of likely N-dealkylation sites (N-methyl/N-ethyl adjacent to an activating group) is 1. The van der Waals surface area contributed by atoms with E-state index in [1.54, 1.807) is 0 Å². The first-order chi connectivity index (χ1) is 9.69. The standard InChI is InChI=1S/C16H20N2O2/c1-12(17-2)10-18-16(19)11-20-15-8-7-13-5-3-4-6-14(13)9-15/h3-9,12,17H,10-11H2,1-2H3,(H,18,19). The Bertz CT molecular complexity index is 583. The monoisotopic (exact) mass is 272 g/mol. The van der Waals surface area contributed by atoms with Crippen LogP contribution in [0.15, 0.2) is 42.5 Å². The van der Waals surface area contributed by atoms with E-state index in [0.717, 1.165) is 10.8 Å². The van der Waals surface area contributed by atoms with Gasteiger partial charge in [0.1, 0.15) is 5.75 Å². The van der Waals surface area contributed by atoms with Crippen LogP contribution in [0.3, 0.4) is 0 Å². The minimum Gasteiger partial charge on any atom is -0.484 e. The third-order valence-electron chi connectivity index (χ3n) is 3.19. The average molecular weight is 272 g/mol. The van der Waals surface area contributed by atoms with Gasteiger partial charge >= 0.3 is 0 Å². The number of carbonyl (C=O) groups excluding carboxylic acids is 1. The lowest BCUT2D eigenvalue weighted by atomic mass is 10.1. The zero-order chi connectivity index (χ0) is 14.4. The first kappa shape index (κ1) is 14.3. The van der Waals surface area contributed by atoms with Gasteiger partial charge in [-0.15, -0.1) is 0 Å². The Labute approximate surface area is 119 Å². The van der Waals surface area contributed by atoms with Gasteiger partial charge in [-0.3, -0.25) is 4.79 Å². The Morgan fingerprint density at radius 3 is 2.70 bits per heavy atom. The van der Waals surface area contributed by atoms with E-state index >= 15 is 0 Å². The molecular weight excluding hydrogens is 252 g/mol. The molecule has 1 unspecified atom stereocenters. The summed E-state index contributed by atoms with van der Waals surface area (Å²) in [6.07, 6.45) is 0. The van der Waals surface area contributed by atoms with Crippen molar-refractivity contribution in [2.24, 2.45) is 0 Å². The van der Waals surface area contributed by atoms with Crippen molar-refractivity contribution in [3.05, 3.63) is 42.5 Å². The molecule has 2 N–H and O–H groups in total. The average Bonchev–Trinajstić information content (AvgIpc) is 2.50. The van der Waals surface area contributed by atoms with Crippen LogP contribution in [-0.4, -0.2) is 32.1 Å². The number of ether oxygens (including phenoxy) is 1. The molecule has 0 saturated carbocycles. The molecule has 1 amide bonds. The number of rotatable bonds is 6. The lowest BCUT2D eigenvalue weighted by Crippen LogP contribution is -2.39. The van der Waals surface area contributed by atoms with Crippen LogP contribution in [0.25, 0.3) is 10.8 Å². The number of hydrogen-bond donors (Lipinski definition) is 2. The van der Waals surface area contributed by atoms with Gasteiger partial charge in [0, 0.05) is 12.6 Å². The van der Waals surface area contributed by atoms with Crippen molar-refractivity contribution < 1.29 is 9.53 Å². The molecule has 106 valence electrons. The van der Waals surface area contributed by atoms with Crippen molar-refractivity contribution in [2.75, 3.05) is 20.2 Å². The van der Waals surface area contributed by atoms with Crippen LogP contribution in [0.4, 0.5) is 0 Å². The van der Waals surface area contributed by atoms with Crippen molar-refractivity contribution in [1.29, 1.82) is 0 Å². The van der Waals surface area contributed by atoms with Crippen molar-refractivity contribution in [2.45, 2.75) is 13.0 Å². The van der Waals surface area contributed by atoms with Crippen LogP contribution in [-0.2, 0) is 4.79 Å². The van der Waals surface area contributed by atoms with Gasteiger partial charge in [0.2, 0.25) is 0 Å². The van der Waals surface area contributed by atoms with Crippen LogP contribution in [0.5, 0.6) is 5.75 Å². The minimum atomic E-state index is -0.111. The Morgan fingerprint density at radius 1 is 1.20 bits per heavy atom. The Balaban J connectivity index is 1.87. The second-order valence-corrected chi connectivity index (χ2v) is 4.79. The molecule has 0 heterocycles. The number of fused-ring (bicyclic) bond motifs is 1. The molecule has 0 aliphatic carbocycles. The van der Waals surface area contributed by atoms with Gasteiger partial charge in [-0.1, -0.05) is 30.3 Å². The predicted octanol–water partition coefficient (Wildman–Crippen LogP) is 1.94. The molecule has 0 radical (unpaired) electrons. The van der Waals surface area contributed by atoms with Crippen molar-refractivity contribution >= 4 is 16.7 Å². The highest BCUT2D eigenvalue weighted by molar-refractivity contribution is 5.84. The number of nitrogens with one attached hydrogen (secondary N) is 2. The molecule has 2 rings (SSSR count). The molecule has 4 nitrogen and oxygen atoms in total. The van der Waals surface area contributed by atoms with Crippen molar-refractivity contribution in [3.63, 3.8) is 0 Å². The van der Waals surface area contributed by atoms with Crippen molar-refractivity contribution in [3.8, 4) is 5.75 Å². The molecule has 0 spiro atoms. The van der Waals surface area contributed by atoms with E-state index in [0.29, 0.717) is 12.3 Å². The maximum atomic E-state index is 11.6. The lowest BCUT2D eigenvalue weighted by Gasteiger charge is -2.12. The van der Waals surface area contributed by atoms with E-state index in [9.17, 15) is 4.79 Å². The zero-order valence-corrected chi connectivity index (χ0v) is 11.8. The Morgan fingerprint density at radius 2 is 1.95 bits per heavy atom. The van der Waals surface area contributed by atoms with E-state index in [1.165, 1.54) is 0 Å². The second kappa shape index (κ2) is 6.91. The third kappa shape index (κ3) is 3.96. The van der Waals surface area contributed by atoms with Gasteiger partial charge in [0.05, 0.1) is 0 Å². The summed E-state index contributed by atoms with van der Waals surface area (Å²) in [5, 5.41) is 8.14. The summed E-state index contributed by atoms with van der Waals surface area (Å²) >= 11 is 0. The molecule has 0 aliphatic heterocycles. The van der Waals surface area contributed by atoms with Crippen LogP contribution in [0, 0.1) is 0 Å². The van der Waals surface area contributed by atoms with E-state index in [4.69, 9.17) is 4.74 Å². The molecule has 20 heavy (non-hydrogen) atoms. The van der Waals surface area contributed by atoms with Gasteiger partial charge in [-0.25, -0.2) is 0 Å². The Hall–Kier alpha value is -2.07. The van der Waals surface area contributed by atoms with Crippen LogP contribution in [0.1, 0.15) is 6.92 Å². The van der Waals surface area contributed by atoms with Gasteiger partial charge in [0.25, 0.3) is 5.91 Å². The van der Waals surface area contributed by atoms with Crippen molar-refractivity contribution in [1.82, 2.24) is 10.6 Å².